The Kier molecular flexibility index (Phi) is 4.20. The predicted molar refractivity (Wildman–Crippen MR) is 87.5 cm³/mol. The summed E-state index contributed by atoms with van der Waals surface area (Å²) in [7, 11) is 0. The highest BCUT2D eigenvalue weighted by atomic mass is 16.3. The minimum absolute atomic E-state index is 0.0579. The fourth-order valence-corrected chi connectivity index (χ4v) is 2.82. The van der Waals surface area contributed by atoms with Crippen molar-refractivity contribution in [1.82, 2.24) is 15.0 Å². The number of benzene rings is 2. The molecule has 0 aliphatic heterocycles. The van der Waals surface area contributed by atoms with Crippen LogP contribution in [0.4, 0.5) is 0 Å². The Balaban J connectivity index is 2.00. The molecule has 0 atom stereocenters. The highest BCUT2D eigenvalue weighted by Gasteiger charge is 2.14. The molecule has 22 heavy (non-hydrogen) atoms. The summed E-state index contributed by atoms with van der Waals surface area (Å²) >= 11 is 0. The number of rotatable bonds is 5. The van der Waals surface area contributed by atoms with E-state index in [1.54, 1.807) is 0 Å². The van der Waals surface area contributed by atoms with Gasteiger partial charge in [0, 0.05) is 0 Å². The van der Waals surface area contributed by atoms with E-state index in [1.807, 2.05) is 4.68 Å². The van der Waals surface area contributed by atoms with Crippen molar-refractivity contribution in [1.29, 1.82) is 0 Å². The molecule has 1 N–H and O–H groups in total. The molecule has 0 unspecified atom stereocenters. The maximum Gasteiger partial charge on any atom is 0.111 e. The van der Waals surface area contributed by atoms with Gasteiger partial charge >= 0.3 is 0 Å². The van der Waals surface area contributed by atoms with Crippen molar-refractivity contribution in [2.45, 2.75) is 33.4 Å². The van der Waals surface area contributed by atoms with Crippen LogP contribution in [0.15, 0.2) is 42.5 Å². The Hall–Kier alpha value is -2.20. The van der Waals surface area contributed by atoms with Gasteiger partial charge in [-0.05, 0) is 28.7 Å². The Morgan fingerprint density at radius 3 is 2.64 bits per heavy atom. The smallest absolute Gasteiger partial charge is 0.111 e. The largest absolute Gasteiger partial charge is 0.390 e. The maximum absolute atomic E-state index is 9.47. The number of hydrogen-bond acceptors (Lipinski definition) is 3. The molecule has 0 bridgehead atoms. The summed E-state index contributed by atoms with van der Waals surface area (Å²) in [5.74, 6) is 0.495. The molecule has 0 saturated carbocycles. The van der Waals surface area contributed by atoms with Crippen LogP contribution in [0.3, 0.4) is 0 Å². The van der Waals surface area contributed by atoms with Crippen LogP contribution in [0.1, 0.15) is 30.8 Å². The molecule has 0 aliphatic rings. The molecule has 0 saturated heterocycles. The van der Waals surface area contributed by atoms with E-state index in [4.69, 9.17) is 0 Å². The minimum atomic E-state index is -0.0579. The van der Waals surface area contributed by atoms with Crippen molar-refractivity contribution < 1.29 is 5.11 Å². The van der Waals surface area contributed by atoms with Gasteiger partial charge in [-0.25, -0.2) is 4.68 Å². The van der Waals surface area contributed by atoms with Crippen molar-refractivity contribution in [3.05, 3.63) is 59.4 Å². The zero-order valence-electron chi connectivity index (χ0n) is 13.0. The van der Waals surface area contributed by atoms with Crippen LogP contribution in [-0.2, 0) is 19.6 Å². The molecule has 0 radical (unpaired) electrons. The Morgan fingerprint density at radius 1 is 1.09 bits per heavy atom. The minimum Gasteiger partial charge on any atom is -0.390 e. The molecular weight excluding hydrogens is 274 g/mol. The van der Waals surface area contributed by atoms with Crippen LogP contribution in [-0.4, -0.2) is 20.1 Å². The van der Waals surface area contributed by atoms with Crippen molar-refractivity contribution in [2.24, 2.45) is 5.92 Å². The molecule has 114 valence electrons. The lowest BCUT2D eigenvalue weighted by Gasteiger charge is -2.11. The van der Waals surface area contributed by atoms with Gasteiger partial charge in [-0.15, -0.1) is 5.10 Å². The van der Waals surface area contributed by atoms with E-state index in [0.717, 1.165) is 12.1 Å². The molecule has 0 amide bonds. The third-order valence-corrected chi connectivity index (χ3v) is 3.87. The average Bonchev–Trinajstić information content (AvgIpc) is 2.89. The van der Waals surface area contributed by atoms with Crippen LogP contribution in [0, 0.1) is 5.92 Å². The second-order valence-electron chi connectivity index (χ2n) is 6.03. The number of nitrogens with zero attached hydrogens (tertiary/aromatic N) is 3. The molecule has 0 fully saturated rings. The second kappa shape index (κ2) is 6.28. The van der Waals surface area contributed by atoms with E-state index in [2.05, 4.69) is 66.6 Å². The summed E-state index contributed by atoms with van der Waals surface area (Å²) < 4.78 is 1.92. The van der Waals surface area contributed by atoms with Crippen LogP contribution in [0.25, 0.3) is 10.8 Å². The van der Waals surface area contributed by atoms with Gasteiger partial charge in [0.2, 0.25) is 0 Å². The number of aliphatic hydroxyl groups excluding tert-OH is 1. The van der Waals surface area contributed by atoms with Gasteiger partial charge in [0.15, 0.2) is 0 Å². The van der Waals surface area contributed by atoms with Gasteiger partial charge in [-0.1, -0.05) is 61.5 Å². The molecule has 4 nitrogen and oxygen atoms in total. The lowest BCUT2D eigenvalue weighted by molar-refractivity contribution is 0.275. The highest BCUT2D eigenvalue weighted by Crippen LogP contribution is 2.21. The Bertz CT molecular complexity index is 772. The number of fused-ring (bicyclic) bond motifs is 1. The number of aromatic nitrogens is 3. The number of aliphatic hydroxyl groups is 1. The van der Waals surface area contributed by atoms with Gasteiger partial charge in [0.25, 0.3) is 0 Å². The van der Waals surface area contributed by atoms with Crippen molar-refractivity contribution in [2.75, 3.05) is 0 Å². The first kappa shape index (κ1) is 14.7. The second-order valence-corrected chi connectivity index (χ2v) is 6.03. The standard InChI is InChI=1S/C18H21N3O/c1-13(2)10-18-17(12-22)19-20-21(18)11-15-8-5-7-14-6-3-4-9-16(14)15/h3-9,13,22H,10-12H2,1-2H3. The third-order valence-electron chi connectivity index (χ3n) is 3.87. The maximum atomic E-state index is 9.47. The summed E-state index contributed by atoms with van der Waals surface area (Å²) in [6, 6.07) is 14.7. The van der Waals surface area contributed by atoms with Gasteiger partial charge in [-0.3, -0.25) is 0 Å². The van der Waals surface area contributed by atoms with Gasteiger partial charge < -0.3 is 5.11 Å². The van der Waals surface area contributed by atoms with Gasteiger partial charge in [0.05, 0.1) is 18.8 Å². The quantitative estimate of drug-likeness (QED) is 0.786. The van der Waals surface area contributed by atoms with E-state index < -0.39 is 0 Å². The molecule has 3 aromatic rings. The van der Waals surface area contributed by atoms with E-state index >= 15 is 0 Å². The molecule has 1 heterocycles. The van der Waals surface area contributed by atoms with E-state index in [0.29, 0.717) is 18.2 Å². The Morgan fingerprint density at radius 2 is 1.86 bits per heavy atom. The summed E-state index contributed by atoms with van der Waals surface area (Å²) in [5.41, 5.74) is 2.94. The molecule has 1 aromatic heterocycles. The fourth-order valence-electron chi connectivity index (χ4n) is 2.82. The van der Waals surface area contributed by atoms with Crippen molar-refractivity contribution >= 4 is 10.8 Å². The van der Waals surface area contributed by atoms with E-state index in [1.165, 1.54) is 16.3 Å². The molecule has 2 aromatic carbocycles. The number of hydrogen-bond donors (Lipinski definition) is 1. The Labute approximate surface area is 130 Å². The topological polar surface area (TPSA) is 50.9 Å². The fraction of sp³-hybridized carbons (Fsp3) is 0.333. The zero-order chi connectivity index (χ0) is 15.5. The summed E-state index contributed by atoms with van der Waals surface area (Å²) in [6.07, 6.45) is 0.869. The first-order chi connectivity index (χ1) is 10.7. The first-order valence-electron chi connectivity index (χ1n) is 7.67. The van der Waals surface area contributed by atoms with Crippen LogP contribution in [0.2, 0.25) is 0 Å². The monoisotopic (exact) mass is 295 g/mol. The van der Waals surface area contributed by atoms with Crippen LogP contribution in [0.5, 0.6) is 0 Å². The molecule has 3 rings (SSSR count). The molecule has 4 heteroatoms. The third kappa shape index (κ3) is 2.88. The lowest BCUT2D eigenvalue weighted by Crippen LogP contribution is -2.10. The summed E-state index contributed by atoms with van der Waals surface area (Å²) in [5, 5.41) is 20.3. The van der Waals surface area contributed by atoms with Crippen LogP contribution < -0.4 is 0 Å². The van der Waals surface area contributed by atoms with Crippen LogP contribution >= 0.6 is 0 Å². The highest BCUT2D eigenvalue weighted by molar-refractivity contribution is 5.85. The molecule has 0 spiro atoms. The zero-order valence-corrected chi connectivity index (χ0v) is 13.0. The van der Waals surface area contributed by atoms with Crippen molar-refractivity contribution in [3.8, 4) is 0 Å². The van der Waals surface area contributed by atoms with Crippen molar-refractivity contribution in [3.63, 3.8) is 0 Å². The SMILES string of the molecule is CC(C)Cc1c(CO)nnn1Cc1cccc2ccccc12. The average molecular weight is 295 g/mol. The van der Waals surface area contributed by atoms with Gasteiger partial charge in [0.1, 0.15) is 5.69 Å². The predicted octanol–water partition coefficient (Wildman–Crippen LogP) is 3.17. The lowest BCUT2D eigenvalue weighted by atomic mass is 10.0. The van der Waals surface area contributed by atoms with E-state index in [-0.39, 0.29) is 6.61 Å². The summed E-state index contributed by atoms with van der Waals surface area (Å²) in [4.78, 5) is 0. The van der Waals surface area contributed by atoms with E-state index in [9.17, 15) is 5.11 Å². The molecule has 0 aliphatic carbocycles. The molecular formula is C18H21N3O. The normalized spacial score (nSPS) is 11.5. The van der Waals surface area contributed by atoms with Gasteiger partial charge in [-0.2, -0.15) is 0 Å². The first-order valence-corrected chi connectivity index (χ1v) is 7.67. The summed E-state index contributed by atoms with van der Waals surface area (Å²) in [6.45, 7) is 4.95.